The van der Waals surface area contributed by atoms with Gasteiger partial charge in [0.15, 0.2) is 0 Å². The smallest absolute Gasteiger partial charge is 0.0275 e. The van der Waals surface area contributed by atoms with Crippen molar-refractivity contribution in [2.75, 3.05) is 0 Å². The topological polar surface area (TPSA) is 0 Å². The van der Waals surface area contributed by atoms with Gasteiger partial charge in [0.25, 0.3) is 0 Å². The zero-order chi connectivity index (χ0) is 9.03. The summed E-state index contributed by atoms with van der Waals surface area (Å²) >= 11 is 0. The van der Waals surface area contributed by atoms with E-state index in [0.29, 0.717) is 0 Å². The summed E-state index contributed by atoms with van der Waals surface area (Å²) in [4.78, 5) is 0. The largest absolute Gasteiger partial charge is 0.0654 e. The van der Waals surface area contributed by atoms with Crippen LogP contribution >= 0.6 is 0 Å². The zero-order valence-corrected chi connectivity index (χ0v) is 9.03. The monoisotopic (exact) mass is 168 g/mol. The van der Waals surface area contributed by atoms with Crippen LogP contribution in [0.4, 0.5) is 0 Å². The van der Waals surface area contributed by atoms with Gasteiger partial charge in [0.05, 0.1) is 0 Å². The minimum atomic E-state index is 0.729. The van der Waals surface area contributed by atoms with Crippen LogP contribution < -0.4 is 0 Å². The molecular formula is C12H24. The van der Waals surface area contributed by atoms with Crippen LogP contribution in [0.2, 0.25) is 0 Å². The van der Waals surface area contributed by atoms with Gasteiger partial charge in [-0.1, -0.05) is 46.5 Å². The Kier molecular flexibility index (Phi) is 3.61. The van der Waals surface area contributed by atoms with E-state index in [1.807, 2.05) is 0 Å². The molecule has 0 heteroatoms. The van der Waals surface area contributed by atoms with Gasteiger partial charge in [0.2, 0.25) is 0 Å². The third-order valence-corrected chi connectivity index (χ3v) is 3.82. The normalized spacial score (nSPS) is 23.0. The molecular weight excluding hydrogens is 144 g/mol. The van der Waals surface area contributed by atoms with Crippen molar-refractivity contribution in [3.63, 3.8) is 0 Å². The van der Waals surface area contributed by atoms with E-state index in [1.165, 1.54) is 44.9 Å². The van der Waals surface area contributed by atoms with Crippen LogP contribution in [0.15, 0.2) is 0 Å². The van der Waals surface area contributed by atoms with Gasteiger partial charge in [-0.15, -0.1) is 0 Å². The fourth-order valence-electron chi connectivity index (χ4n) is 2.87. The molecule has 0 radical (unpaired) electrons. The lowest BCUT2D eigenvalue weighted by Crippen LogP contribution is -2.29. The summed E-state index contributed by atoms with van der Waals surface area (Å²) < 4.78 is 0. The second kappa shape index (κ2) is 4.30. The van der Waals surface area contributed by atoms with Crippen LogP contribution in [-0.4, -0.2) is 0 Å². The Hall–Kier alpha value is 0. The Bertz CT molecular complexity index is 112. The molecule has 1 fully saturated rings. The van der Waals surface area contributed by atoms with Gasteiger partial charge in [0, 0.05) is 0 Å². The maximum absolute atomic E-state index is 2.42. The number of hydrogen-bond acceptors (Lipinski definition) is 0. The van der Waals surface area contributed by atoms with E-state index < -0.39 is 0 Å². The van der Waals surface area contributed by atoms with Gasteiger partial charge in [-0.2, -0.15) is 0 Å². The van der Waals surface area contributed by atoms with Crippen molar-refractivity contribution in [2.24, 2.45) is 11.3 Å². The Morgan fingerprint density at radius 2 is 1.67 bits per heavy atom. The minimum absolute atomic E-state index is 0.729. The van der Waals surface area contributed by atoms with Crippen molar-refractivity contribution < 1.29 is 0 Å². The van der Waals surface area contributed by atoms with Gasteiger partial charge >= 0.3 is 0 Å². The Morgan fingerprint density at radius 3 is 2.08 bits per heavy atom. The number of rotatable bonds is 3. The lowest BCUT2D eigenvalue weighted by atomic mass is 9.65. The Balaban J connectivity index is 2.56. The van der Waals surface area contributed by atoms with Crippen molar-refractivity contribution in [2.45, 2.75) is 65.7 Å². The molecule has 0 aliphatic heterocycles. The summed E-state index contributed by atoms with van der Waals surface area (Å²) in [7, 11) is 0. The molecule has 1 rings (SSSR count). The second-order valence-corrected chi connectivity index (χ2v) is 4.83. The number of hydrogen-bond donors (Lipinski definition) is 0. The standard InChI is InChI=1S/C12H24/c1-4-8-12(11(2)3)9-6-5-7-10-12/h11H,4-10H2,1-3H3. The van der Waals surface area contributed by atoms with Crippen LogP contribution in [0.25, 0.3) is 0 Å². The Morgan fingerprint density at radius 1 is 1.08 bits per heavy atom. The summed E-state index contributed by atoms with van der Waals surface area (Å²) in [6, 6.07) is 0. The molecule has 0 N–H and O–H groups in total. The average molecular weight is 168 g/mol. The van der Waals surface area contributed by atoms with E-state index in [0.717, 1.165) is 11.3 Å². The predicted octanol–water partition coefficient (Wildman–Crippen LogP) is 4.39. The van der Waals surface area contributed by atoms with Crippen LogP contribution in [0, 0.1) is 11.3 Å². The van der Waals surface area contributed by atoms with Crippen LogP contribution in [0.3, 0.4) is 0 Å². The molecule has 72 valence electrons. The molecule has 0 unspecified atom stereocenters. The third-order valence-electron chi connectivity index (χ3n) is 3.82. The predicted molar refractivity (Wildman–Crippen MR) is 55.3 cm³/mol. The third kappa shape index (κ3) is 2.02. The molecule has 0 nitrogen and oxygen atoms in total. The SMILES string of the molecule is CCCC1(C(C)C)CCCCC1. The molecule has 0 spiro atoms. The van der Waals surface area contributed by atoms with Gasteiger partial charge in [-0.05, 0) is 30.6 Å². The first-order valence-electron chi connectivity index (χ1n) is 5.71. The summed E-state index contributed by atoms with van der Waals surface area (Å²) in [5, 5.41) is 0. The molecule has 1 aliphatic rings. The molecule has 0 atom stereocenters. The summed E-state index contributed by atoms with van der Waals surface area (Å²) in [5.41, 5.74) is 0.729. The highest BCUT2D eigenvalue weighted by Gasteiger charge is 2.33. The van der Waals surface area contributed by atoms with E-state index in [4.69, 9.17) is 0 Å². The summed E-state index contributed by atoms with van der Waals surface area (Å²) in [5.74, 6) is 0.901. The van der Waals surface area contributed by atoms with Gasteiger partial charge < -0.3 is 0 Å². The van der Waals surface area contributed by atoms with Crippen molar-refractivity contribution >= 4 is 0 Å². The first kappa shape index (κ1) is 10.1. The average Bonchev–Trinajstić information content (AvgIpc) is 2.06. The second-order valence-electron chi connectivity index (χ2n) is 4.83. The van der Waals surface area contributed by atoms with E-state index in [-0.39, 0.29) is 0 Å². The molecule has 0 heterocycles. The van der Waals surface area contributed by atoms with Crippen molar-refractivity contribution in [1.82, 2.24) is 0 Å². The lowest BCUT2D eigenvalue weighted by molar-refractivity contribution is 0.104. The molecule has 0 aromatic heterocycles. The highest BCUT2D eigenvalue weighted by molar-refractivity contribution is 4.84. The van der Waals surface area contributed by atoms with Crippen molar-refractivity contribution in [1.29, 1.82) is 0 Å². The van der Waals surface area contributed by atoms with E-state index in [9.17, 15) is 0 Å². The highest BCUT2D eigenvalue weighted by atomic mass is 14.4. The maximum atomic E-state index is 2.42. The lowest BCUT2D eigenvalue weighted by Gasteiger charge is -2.41. The first-order valence-corrected chi connectivity index (χ1v) is 5.71. The van der Waals surface area contributed by atoms with Crippen molar-refractivity contribution in [3.8, 4) is 0 Å². The molecule has 0 amide bonds. The first-order chi connectivity index (χ1) is 5.71. The molecule has 1 saturated carbocycles. The minimum Gasteiger partial charge on any atom is -0.0654 e. The Labute approximate surface area is 77.7 Å². The van der Waals surface area contributed by atoms with E-state index in [1.54, 1.807) is 0 Å². The molecule has 0 bridgehead atoms. The van der Waals surface area contributed by atoms with E-state index in [2.05, 4.69) is 20.8 Å². The van der Waals surface area contributed by atoms with Gasteiger partial charge in [0.1, 0.15) is 0 Å². The maximum Gasteiger partial charge on any atom is -0.0275 e. The van der Waals surface area contributed by atoms with Crippen LogP contribution in [0.5, 0.6) is 0 Å². The zero-order valence-electron chi connectivity index (χ0n) is 9.03. The molecule has 0 aromatic rings. The molecule has 0 aromatic carbocycles. The van der Waals surface area contributed by atoms with Crippen LogP contribution in [0.1, 0.15) is 65.7 Å². The summed E-state index contributed by atoms with van der Waals surface area (Å²) in [6.07, 6.45) is 10.3. The fourth-order valence-corrected chi connectivity index (χ4v) is 2.87. The molecule has 12 heavy (non-hydrogen) atoms. The summed E-state index contributed by atoms with van der Waals surface area (Å²) in [6.45, 7) is 7.17. The molecule has 0 saturated heterocycles. The van der Waals surface area contributed by atoms with Crippen molar-refractivity contribution in [3.05, 3.63) is 0 Å². The fraction of sp³-hybridized carbons (Fsp3) is 1.00. The molecule has 1 aliphatic carbocycles. The highest BCUT2D eigenvalue weighted by Crippen LogP contribution is 2.45. The van der Waals surface area contributed by atoms with Crippen LogP contribution in [-0.2, 0) is 0 Å². The quantitative estimate of drug-likeness (QED) is 0.586. The van der Waals surface area contributed by atoms with Gasteiger partial charge in [-0.25, -0.2) is 0 Å². The van der Waals surface area contributed by atoms with E-state index >= 15 is 0 Å². The van der Waals surface area contributed by atoms with Gasteiger partial charge in [-0.3, -0.25) is 0 Å².